The molecule has 0 saturated carbocycles. The van der Waals surface area contributed by atoms with E-state index in [2.05, 4.69) is 32.4 Å². The lowest BCUT2D eigenvalue weighted by Gasteiger charge is -2.17. The summed E-state index contributed by atoms with van der Waals surface area (Å²) in [7, 11) is 1.55. The Balaban J connectivity index is 1.93. The van der Waals surface area contributed by atoms with Crippen molar-refractivity contribution in [2.45, 2.75) is 19.5 Å². The highest BCUT2D eigenvalue weighted by Crippen LogP contribution is 2.24. The molecule has 1 N–H and O–H groups in total. The van der Waals surface area contributed by atoms with E-state index in [1.54, 1.807) is 19.2 Å². The molecule has 0 fully saturated rings. The van der Waals surface area contributed by atoms with Crippen molar-refractivity contribution >= 4 is 32.9 Å². The zero-order chi connectivity index (χ0) is 18.7. The van der Waals surface area contributed by atoms with Gasteiger partial charge in [-0.25, -0.2) is 4.98 Å². The van der Waals surface area contributed by atoms with Crippen LogP contribution >= 0.6 is 15.9 Å². The number of rotatable bonds is 6. The molecule has 0 bridgehead atoms. The highest BCUT2D eigenvalue weighted by molar-refractivity contribution is 9.11. The maximum Gasteiger partial charge on any atom is 0.255 e. The lowest BCUT2D eigenvalue weighted by Crippen LogP contribution is -2.29. The molecule has 5 nitrogen and oxygen atoms in total. The number of carbonyl (C=O) groups is 1. The van der Waals surface area contributed by atoms with Gasteiger partial charge in [-0.1, -0.05) is 46.8 Å². The monoisotopic (exact) mass is 413 g/mol. The van der Waals surface area contributed by atoms with E-state index in [9.17, 15) is 4.79 Å². The summed E-state index contributed by atoms with van der Waals surface area (Å²) in [4.78, 5) is 17.4. The van der Waals surface area contributed by atoms with Crippen molar-refractivity contribution in [3.8, 4) is 5.75 Å². The Bertz CT molecular complexity index is 965. The molecule has 1 atom stereocenters. The van der Waals surface area contributed by atoms with Gasteiger partial charge in [-0.15, -0.1) is 0 Å². The van der Waals surface area contributed by atoms with Crippen molar-refractivity contribution < 1.29 is 9.53 Å². The fraction of sp³-hybridized carbons (Fsp3) is 0.200. The Morgan fingerprint density at radius 2 is 1.96 bits per heavy atom. The molecule has 134 valence electrons. The molecule has 1 amide bonds. The molecular formula is C20H20BrN3O2. The fourth-order valence-electron chi connectivity index (χ4n) is 2.93. The summed E-state index contributed by atoms with van der Waals surface area (Å²) < 4.78 is 8.17. The maximum atomic E-state index is 12.7. The zero-order valence-electron chi connectivity index (χ0n) is 14.7. The lowest BCUT2D eigenvalue weighted by atomic mass is 10.1. The first-order valence-corrected chi connectivity index (χ1v) is 9.03. The van der Waals surface area contributed by atoms with E-state index in [1.807, 2.05) is 43.3 Å². The maximum absolute atomic E-state index is 12.7. The molecule has 1 heterocycles. The van der Waals surface area contributed by atoms with E-state index < -0.39 is 0 Å². The van der Waals surface area contributed by atoms with Crippen molar-refractivity contribution in [2.75, 3.05) is 7.11 Å². The van der Waals surface area contributed by atoms with Gasteiger partial charge < -0.3 is 14.6 Å². The number of methoxy groups -OCH3 is 1. The van der Waals surface area contributed by atoms with Gasteiger partial charge in [-0.3, -0.25) is 4.79 Å². The second-order valence-corrected chi connectivity index (χ2v) is 7.08. The molecule has 0 saturated heterocycles. The Morgan fingerprint density at radius 3 is 2.69 bits per heavy atom. The minimum Gasteiger partial charge on any atom is -0.496 e. The first-order chi connectivity index (χ1) is 12.5. The molecule has 2 aromatic carbocycles. The highest BCUT2D eigenvalue weighted by Gasteiger charge is 2.20. The minimum atomic E-state index is -0.285. The molecule has 0 radical (unpaired) electrons. The number of para-hydroxylation sites is 3. The summed E-state index contributed by atoms with van der Waals surface area (Å²) in [5, 5.41) is 3.01. The zero-order valence-corrected chi connectivity index (χ0v) is 16.3. The van der Waals surface area contributed by atoms with E-state index in [0.717, 1.165) is 21.3 Å². The number of aromatic nitrogens is 2. The van der Waals surface area contributed by atoms with Gasteiger partial charge in [0.15, 0.2) is 0 Å². The summed E-state index contributed by atoms with van der Waals surface area (Å²) in [5.41, 5.74) is 2.38. The number of hydrogen-bond acceptors (Lipinski definition) is 3. The first kappa shape index (κ1) is 18.2. The van der Waals surface area contributed by atoms with Crippen LogP contribution in [0.4, 0.5) is 0 Å². The van der Waals surface area contributed by atoms with Crippen LogP contribution in [0.2, 0.25) is 0 Å². The van der Waals surface area contributed by atoms with E-state index in [1.165, 1.54) is 0 Å². The SMILES string of the molecule is C=C(Br)Cn1c(C(C)NC(=O)c2ccccc2OC)nc2ccccc21. The number of imidazole rings is 1. The van der Waals surface area contributed by atoms with Crippen molar-refractivity contribution in [2.24, 2.45) is 0 Å². The van der Waals surface area contributed by atoms with Crippen molar-refractivity contribution in [3.63, 3.8) is 0 Å². The third-order valence-corrected chi connectivity index (χ3v) is 4.35. The molecule has 0 aliphatic rings. The average molecular weight is 414 g/mol. The second-order valence-electron chi connectivity index (χ2n) is 5.96. The molecule has 3 aromatic rings. The number of carbonyl (C=O) groups excluding carboxylic acids is 1. The van der Waals surface area contributed by atoms with Gasteiger partial charge in [-0.05, 0) is 31.2 Å². The topological polar surface area (TPSA) is 56.2 Å². The summed E-state index contributed by atoms with van der Waals surface area (Å²) >= 11 is 3.42. The Morgan fingerprint density at radius 1 is 1.27 bits per heavy atom. The van der Waals surface area contributed by atoms with E-state index in [-0.39, 0.29) is 11.9 Å². The van der Waals surface area contributed by atoms with Gasteiger partial charge in [0, 0.05) is 4.48 Å². The highest BCUT2D eigenvalue weighted by atomic mass is 79.9. The van der Waals surface area contributed by atoms with Gasteiger partial charge in [0.1, 0.15) is 11.6 Å². The number of allylic oxidation sites excluding steroid dienone is 1. The Labute approximate surface area is 160 Å². The van der Waals surface area contributed by atoms with Gasteiger partial charge >= 0.3 is 0 Å². The summed E-state index contributed by atoms with van der Waals surface area (Å²) in [5.74, 6) is 1.11. The molecule has 1 aromatic heterocycles. The average Bonchev–Trinajstić information content (AvgIpc) is 2.99. The van der Waals surface area contributed by atoms with Gasteiger partial charge in [-0.2, -0.15) is 0 Å². The normalized spacial score (nSPS) is 12.0. The molecule has 0 spiro atoms. The van der Waals surface area contributed by atoms with Gasteiger partial charge in [0.2, 0.25) is 0 Å². The number of amides is 1. The van der Waals surface area contributed by atoms with Crippen molar-refractivity contribution in [1.82, 2.24) is 14.9 Å². The third-order valence-electron chi connectivity index (χ3n) is 4.10. The summed E-state index contributed by atoms with van der Waals surface area (Å²) in [6, 6.07) is 14.8. The molecule has 0 aliphatic carbocycles. The molecule has 0 aliphatic heterocycles. The smallest absolute Gasteiger partial charge is 0.255 e. The number of halogens is 1. The predicted molar refractivity (Wildman–Crippen MR) is 107 cm³/mol. The molecule has 26 heavy (non-hydrogen) atoms. The number of benzene rings is 2. The lowest BCUT2D eigenvalue weighted by molar-refractivity contribution is 0.0934. The van der Waals surface area contributed by atoms with E-state index in [0.29, 0.717) is 17.9 Å². The Kier molecular flexibility index (Phi) is 5.42. The Hall–Kier alpha value is -2.60. The number of nitrogens with one attached hydrogen (secondary N) is 1. The van der Waals surface area contributed by atoms with Crippen LogP contribution in [0.3, 0.4) is 0 Å². The third kappa shape index (κ3) is 3.65. The van der Waals surface area contributed by atoms with Gasteiger partial charge in [0.05, 0.1) is 36.3 Å². The largest absolute Gasteiger partial charge is 0.496 e. The summed E-state index contributed by atoms with van der Waals surface area (Å²) in [6.07, 6.45) is 0. The fourth-order valence-corrected chi connectivity index (χ4v) is 3.18. The quantitative estimate of drug-likeness (QED) is 0.649. The minimum absolute atomic E-state index is 0.203. The number of fused-ring (bicyclic) bond motifs is 1. The van der Waals surface area contributed by atoms with Crippen LogP contribution in [0.15, 0.2) is 59.6 Å². The molecule has 6 heteroatoms. The molecule has 3 rings (SSSR count). The predicted octanol–water partition coefficient (Wildman–Crippen LogP) is 4.44. The summed E-state index contributed by atoms with van der Waals surface area (Å²) in [6.45, 7) is 6.43. The molecule has 1 unspecified atom stereocenters. The van der Waals surface area contributed by atoms with Crippen LogP contribution in [0.5, 0.6) is 5.75 Å². The number of ether oxygens (including phenoxy) is 1. The van der Waals surface area contributed by atoms with E-state index >= 15 is 0 Å². The van der Waals surface area contributed by atoms with Crippen molar-refractivity contribution in [1.29, 1.82) is 0 Å². The van der Waals surface area contributed by atoms with Crippen LogP contribution in [-0.2, 0) is 6.54 Å². The van der Waals surface area contributed by atoms with Gasteiger partial charge in [0.25, 0.3) is 5.91 Å². The standard InChI is InChI=1S/C20H20BrN3O2/c1-13(21)12-24-17-10-6-5-9-16(17)23-19(24)14(2)22-20(25)15-8-4-7-11-18(15)26-3/h4-11,14H,1,12H2,2-3H3,(H,22,25). The van der Waals surface area contributed by atoms with Crippen LogP contribution < -0.4 is 10.1 Å². The van der Waals surface area contributed by atoms with Crippen LogP contribution in [0, 0.1) is 0 Å². The van der Waals surface area contributed by atoms with E-state index in [4.69, 9.17) is 9.72 Å². The van der Waals surface area contributed by atoms with Crippen LogP contribution in [0.25, 0.3) is 11.0 Å². The van der Waals surface area contributed by atoms with Crippen molar-refractivity contribution in [3.05, 3.63) is 71.0 Å². The van der Waals surface area contributed by atoms with Crippen LogP contribution in [-0.4, -0.2) is 22.6 Å². The second kappa shape index (κ2) is 7.74. The number of nitrogens with zero attached hydrogens (tertiary/aromatic N) is 2. The first-order valence-electron chi connectivity index (χ1n) is 8.23. The van der Waals surface area contributed by atoms with Crippen LogP contribution in [0.1, 0.15) is 29.1 Å². The number of hydrogen-bond donors (Lipinski definition) is 1. The molecular weight excluding hydrogens is 394 g/mol.